The molecule has 32 heavy (non-hydrogen) atoms. The Morgan fingerprint density at radius 1 is 1.06 bits per heavy atom. The molecule has 2 aromatic carbocycles. The Bertz CT molecular complexity index is 1080. The largest absolute Gasteiger partial charge is 0.469 e. The molecule has 0 bridgehead atoms. The normalized spacial score (nSPS) is 10.8. The Balaban J connectivity index is 2.27. The zero-order valence-electron chi connectivity index (χ0n) is 17.5. The predicted octanol–water partition coefficient (Wildman–Crippen LogP) is 3.08. The molecule has 0 aliphatic rings. The van der Waals surface area contributed by atoms with Crippen LogP contribution in [0, 0.1) is 11.3 Å². The highest BCUT2D eigenvalue weighted by molar-refractivity contribution is 7.85. The maximum atomic E-state index is 14.5. The molecule has 0 spiro atoms. The van der Waals surface area contributed by atoms with Crippen molar-refractivity contribution in [3.63, 3.8) is 0 Å². The molecule has 0 fully saturated rings. The van der Waals surface area contributed by atoms with E-state index in [0.717, 1.165) is 16.7 Å². The van der Waals surface area contributed by atoms with Crippen molar-refractivity contribution in [2.75, 3.05) is 31.4 Å². The van der Waals surface area contributed by atoms with Gasteiger partial charge in [0, 0.05) is 6.42 Å². The Morgan fingerprint density at radius 3 is 2.12 bits per heavy atom. The minimum Gasteiger partial charge on any atom is -0.469 e. The van der Waals surface area contributed by atoms with Gasteiger partial charge in [-0.15, -0.1) is 0 Å². The molecule has 11 heteroatoms. The number of amides is 2. The van der Waals surface area contributed by atoms with Crippen molar-refractivity contribution in [3.8, 4) is 6.07 Å². The number of hydrogen-bond acceptors (Lipinski definition) is 7. The van der Waals surface area contributed by atoms with Crippen molar-refractivity contribution in [2.24, 2.45) is 0 Å². The van der Waals surface area contributed by atoms with Crippen LogP contribution in [-0.4, -0.2) is 52.1 Å². The molecule has 170 valence electrons. The van der Waals surface area contributed by atoms with Gasteiger partial charge in [0.15, 0.2) is 0 Å². The van der Waals surface area contributed by atoms with Crippen LogP contribution in [-0.2, 0) is 30.3 Å². The van der Waals surface area contributed by atoms with E-state index < -0.39 is 29.3 Å². The average Bonchev–Trinajstić information content (AvgIpc) is 2.77. The van der Waals surface area contributed by atoms with E-state index in [9.17, 15) is 22.5 Å². The molecule has 9 nitrogen and oxygen atoms in total. The molecule has 0 heterocycles. The summed E-state index contributed by atoms with van der Waals surface area (Å²) in [6.45, 7) is -1.16. The van der Waals surface area contributed by atoms with Crippen molar-refractivity contribution in [1.82, 2.24) is 5.12 Å². The van der Waals surface area contributed by atoms with Crippen molar-refractivity contribution >= 4 is 33.5 Å². The highest BCUT2D eigenvalue weighted by atomic mass is 32.2. The molecule has 0 saturated heterocycles. The highest BCUT2D eigenvalue weighted by Crippen LogP contribution is 2.28. The van der Waals surface area contributed by atoms with Crippen LogP contribution in [0.2, 0.25) is 0 Å². The van der Waals surface area contributed by atoms with Gasteiger partial charge < -0.3 is 4.74 Å². The van der Waals surface area contributed by atoms with Gasteiger partial charge in [-0.1, -0.05) is 16.6 Å². The Morgan fingerprint density at radius 2 is 1.62 bits per heavy atom. The number of ether oxygens (including phenoxy) is 1. The van der Waals surface area contributed by atoms with Gasteiger partial charge >= 0.3 is 12.0 Å². The first-order valence-corrected chi connectivity index (χ1v) is 11.2. The smallest absolute Gasteiger partial charge is 0.357 e. The third kappa shape index (κ3) is 7.33. The number of nitriles is 1. The number of esters is 1. The van der Waals surface area contributed by atoms with Gasteiger partial charge in [0.2, 0.25) is 0 Å². The van der Waals surface area contributed by atoms with Crippen LogP contribution in [0.15, 0.2) is 48.5 Å². The fraction of sp³-hybridized carbons (Fsp3) is 0.286. The summed E-state index contributed by atoms with van der Waals surface area (Å²) in [5, 5.41) is 8.83. The summed E-state index contributed by atoms with van der Waals surface area (Å²) in [5.74, 6) is -0.354. The Labute approximate surface area is 185 Å². The van der Waals surface area contributed by atoms with Crippen molar-refractivity contribution in [3.05, 3.63) is 59.7 Å². The number of hydrogen-bond donors (Lipinski definition) is 0. The molecule has 0 unspecified atom stereocenters. The molecule has 0 aliphatic carbocycles. The average molecular weight is 463 g/mol. The van der Waals surface area contributed by atoms with E-state index in [2.05, 4.69) is 8.92 Å². The number of methoxy groups -OCH3 is 1. The first kappa shape index (κ1) is 24.8. The number of rotatable bonds is 9. The monoisotopic (exact) mass is 463 g/mol. The number of urea groups is 1. The summed E-state index contributed by atoms with van der Waals surface area (Å²) in [4.78, 5) is 25.2. The molecular weight excluding hydrogens is 441 g/mol. The van der Waals surface area contributed by atoms with Crippen LogP contribution in [0.3, 0.4) is 0 Å². The minimum atomic E-state index is -3.78. The molecule has 0 N–H and O–H groups in total. The van der Waals surface area contributed by atoms with Crippen LogP contribution in [0.4, 0.5) is 20.7 Å². The third-order valence-electron chi connectivity index (χ3n) is 4.28. The van der Waals surface area contributed by atoms with Crippen molar-refractivity contribution in [2.45, 2.75) is 12.8 Å². The molecule has 0 aliphatic heterocycles. The lowest BCUT2D eigenvalue weighted by Gasteiger charge is -2.26. The van der Waals surface area contributed by atoms with Gasteiger partial charge in [0.1, 0.15) is 0 Å². The maximum Gasteiger partial charge on any atom is 0.357 e. The van der Waals surface area contributed by atoms with Gasteiger partial charge in [-0.25, -0.2) is 4.79 Å². The third-order valence-corrected chi connectivity index (χ3v) is 4.87. The van der Waals surface area contributed by atoms with Crippen molar-refractivity contribution in [1.29, 1.82) is 5.26 Å². The number of halogens is 1. The minimum absolute atomic E-state index is 0.158. The fourth-order valence-corrected chi connectivity index (χ4v) is 3.07. The zero-order valence-corrected chi connectivity index (χ0v) is 18.3. The second-order valence-electron chi connectivity index (χ2n) is 6.63. The lowest BCUT2D eigenvalue weighted by molar-refractivity contribution is -0.140. The lowest BCUT2D eigenvalue weighted by atomic mass is 10.1. The van der Waals surface area contributed by atoms with Crippen LogP contribution in [0.1, 0.15) is 17.5 Å². The van der Waals surface area contributed by atoms with E-state index in [4.69, 9.17) is 5.26 Å². The van der Waals surface area contributed by atoms with E-state index in [0.29, 0.717) is 23.4 Å². The summed E-state index contributed by atoms with van der Waals surface area (Å²) in [5.41, 5.74) is 1.79. The molecule has 0 radical (unpaired) electrons. The van der Waals surface area contributed by atoms with Crippen LogP contribution < -0.4 is 4.90 Å². The first-order chi connectivity index (χ1) is 15.1. The summed E-state index contributed by atoms with van der Waals surface area (Å²) in [6.07, 6.45) is 1.44. The standard InChI is InChI=1S/C21H22FN3O6S/c1-30-20(26)12-7-16-3-8-18(9-4-16)25(19-10-5-17(15-23)6-11-19)21(27)24(22)13-14-31-32(2,28)29/h3-6,8-11H,7,12-14H2,1-2H3. The van der Waals surface area contributed by atoms with Gasteiger partial charge in [0.25, 0.3) is 10.1 Å². The first-order valence-electron chi connectivity index (χ1n) is 9.42. The highest BCUT2D eigenvalue weighted by Gasteiger charge is 2.25. The lowest BCUT2D eigenvalue weighted by Crippen LogP contribution is -2.38. The second-order valence-corrected chi connectivity index (χ2v) is 8.28. The number of carbonyl (C=O) groups is 2. The molecule has 0 aromatic heterocycles. The topological polar surface area (TPSA) is 117 Å². The van der Waals surface area contributed by atoms with E-state index in [-0.39, 0.29) is 17.5 Å². The molecular formula is C21H22FN3O6S. The van der Waals surface area contributed by atoms with Gasteiger partial charge in [-0.3, -0.25) is 13.9 Å². The van der Waals surface area contributed by atoms with Gasteiger partial charge in [0.05, 0.1) is 49.5 Å². The SMILES string of the molecule is COC(=O)CCc1ccc(N(C(=O)N(F)CCOS(C)(=O)=O)c2ccc(C#N)cc2)cc1. The Kier molecular flexibility index (Phi) is 8.69. The molecule has 0 saturated carbocycles. The predicted molar refractivity (Wildman–Crippen MR) is 114 cm³/mol. The van der Waals surface area contributed by atoms with E-state index in [1.807, 2.05) is 6.07 Å². The molecule has 2 aromatic rings. The van der Waals surface area contributed by atoms with Crippen LogP contribution in [0.5, 0.6) is 0 Å². The zero-order chi connectivity index (χ0) is 23.7. The second kappa shape index (κ2) is 11.2. The fourth-order valence-electron chi connectivity index (χ4n) is 2.69. The quantitative estimate of drug-likeness (QED) is 0.319. The molecule has 0 atom stereocenters. The Hall–Kier alpha value is -3.49. The summed E-state index contributed by atoms with van der Waals surface area (Å²) < 4.78 is 45.7. The van der Waals surface area contributed by atoms with Gasteiger partial charge in [-0.05, 0) is 48.4 Å². The molecule has 2 amide bonds. The van der Waals surface area contributed by atoms with Crippen molar-refractivity contribution < 1.29 is 31.4 Å². The van der Waals surface area contributed by atoms with Crippen LogP contribution >= 0.6 is 0 Å². The number of aryl methyl sites for hydroxylation is 1. The summed E-state index contributed by atoms with van der Waals surface area (Å²) in [6, 6.07) is 13.4. The van der Waals surface area contributed by atoms with E-state index in [1.54, 1.807) is 24.3 Å². The summed E-state index contributed by atoms with van der Waals surface area (Å²) in [7, 11) is -2.48. The molecule has 2 rings (SSSR count). The number of anilines is 2. The van der Waals surface area contributed by atoms with E-state index in [1.165, 1.54) is 31.4 Å². The number of carbonyl (C=O) groups excluding carboxylic acids is 2. The maximum absolute atomic E-state index is 14.5. The van der Waals surface area contributed by atoms with E-state index >= 15 is 0 Å². The number of nitrogens with zero attached hydrogens (tertiary/aromatic N) is 3. The van der Waals surface area contributed by atoms with Crippen LogP contribution in [0.25, 0.3) is 0 Å². The summed E-state index contributed by atoms with van der Waals surface area (Å²) >= 11 is 0. The number of benzene rings is 2. The van der Waals surface area contributed by atoms with Gasteiger partial charge in [-0.2, -0.15) is 18.8 Å².